The van der Waals surface area contributed by atoms with E-state index in [-0.39, 0.29) is 12.0 Å². The molecule has 2 N–H and O–H groups in total. The lowest BCUT2D eigenvalue weighted by atomic mass is 9.93. The summed E-state index contributed by atoms with van der Waals surface area (Å²) in [6, 6.07) is 1.68. The molecule has 3 heterocycles. The summed E-state index contributed by atoms with van der Waals surface area (Å²) < 4.78 is 5.87. The van der Waals surface area contributed by atoms with Crippen molar-refractivity contribution < 1.29 is 9.53 Å². The van der Waals surface area contributed by atoms with E-state index >= 15 is 0 Å². The molecule has 2 amide bonds. The van der Waals surface area contributed by atoms with Crippen molar-refractivity contribution in [2.45, 2.75) is 18.9 Å². The summed E-state index contributed by atoms with van der Waals surface area (Å²) in [5.41, 5.74) is 0.650. The molecule has 1 unspecified atom stereocenters. The minimum absolute atomic E-state index is 0.168. The van der Waals surface area contributed by atoms with Crippen LogP contribution in [-0.4, -0.2) is 39.4 Å². The molecular formula is C12H16N6O2S. The molecule has 0 radical (unpaired) electrons. The average molecular weight is 308 g/mol. The van der Waals surface area contributed by atoms with Gasteiger partial charge >= 0.3 is 6.03 Å². The van der Waals surface area contributed by atoms with Crippen LogP contribution in [0.3, 0.4) is 0 Å². The average Bonchev–Trinajstić information content (AvgIpc) is 3.07. The number of ether oxygens (including phenoxy) is 1. The van der Waals surface area contributed by atoms with Gasteiger partial charge in [0.1, 0.15) is 5.60 Å². The first kappa shape index (κ1) is 14.0. The van der Waals surface area contributed by atoms with Crippen LogP contribution in [0, 0.1) is 0 Å². The van der Waals surface area contributed by atoms with Crippen molar-refractivity contribution in [2.75, 3.05) is 18.5 Å². The zero-order chi connectivity index (χ0) is 14.9. The van der Waals surface area contributed by atoms with Crippen molar-refractivity contribution in [3.8, 4) is 0 Å². The molecule has 1 aliphatic rings. The van der Waals surface area contributed by atoms with E-state index in [1.165, 1.54) is 9.67 Å². The van der Waals surface area contributed by atoms with Crippen LogP contribution in [0.25, 0.3) is 0 Å². The Labute approximate surface area is 125 Å². The lowest BCUT2D eigenvalue weighted by molar-refractivity contribution is -0.0416. The first-order valence-electron chi connectivity index (χ1n) is 6.56. The van der Waals surface area contributed by atoms with Crippen LogP contribution in [0.15, 0.2) is 11.4 Å². The maximum Gasteiger partial charge on any atom is 0.321 e. The van der Waals surface area contributed by atoms with Gasteiger partial charge in [0, 0.05) is 11.3 Å². The van der Waals surface area contributed by atoms with Crippen molar-refractivity contribution in [1.82, 2.24) is 25.5 Å². The van der Waals surface area contributed by atoms with Gasteiger partial charge in [-0.15, -0.1) is 16.4 Å². The number of anilines is 1. The van der Waals surface area contributed by atoms with Crippen molar-refractivity contribution in [3.63, 3.8) is 0 Å². The number of hydrogen-bond donors (Lipinski definition) is 2. The molecule has 0 saturated carbocycles. The van der Waals surface area contributed by atoms with Gasteiger partial charge in [0.2, 0.25) is 0 Å². The topological polar surface area (TPSA) is 94.0 Å². The Bertz CT molecular complexity index is 654. The largest absolute Gasteiger partial charge is 0.368 e. The lowest BCUT2D eigenvalue weighted by Crippen LogP contribution is -2.44. The van der Waals surface area contributed by atoms with E-state index in [0.717, 1.165) is 12.0 Å². The maximum atomic E-state index is 11.9. The minimum atomic E-state index is -0.499. The molecule has 0 spiro atoms. The molecule has 112 valence electrons. The van der Waals surface area contributed by atoms with Crippen LogP contribution in [0.5, 0.6) is 0 Å². The summed E-state index contributed by atoms with van der Waals surface area (Å²) in [6.07, 6.45) is 0.929. The number of hydrogen-bond acceptors (Lipinski definition) is 6. The van der Waals surface area contributed by atoms with E-state index in [0.29, 0.717) is 13.2 Å². The van der Waals surface area contributed by atoms with Gasteiger partial charge in [-0.3, -0.25) is 5.32 Å². The number of fused-ring (bicyclic) bond motifs is 1. The third-order valence-corrected chi connectivity index (χ3v) is 4.37. The molecule has 0 saturated heterocycles. The Morgan fingerprint density at radius 2 is 2.48 bits per heavy atom. The highest BCUT2D eigenvalue weighted by atomic mass is 32.1. The van der Waals surface area contributed by atoms with Gasteiger partial charge in [0.05, 0.1) is 20.2 Å². The highest BCUT2D eigenvalue weighted by molar-refractivity contribution is 7.10. The van der Waals surface area contributed by atoms with E-state index in [4.69, 9.17) is 4.74 Å². The summed E-state index contributed by atoms with van der Waals surface area (Å²) in [6.45, 7) is 3.03. The van der Waals surface area contributed by atoms with E-state index in [1.807, 2.05) is 6.92 Å². The van der Waals surface area contributed by atoms with Crippen molar-refractivity contribution in [2.24, 2.45) is 7.05 Å². The minimum Gasteiger partial charge on any atom is -0.368 e. The number of amides is 2. The van der Waals surface area contributed by atoms with Crippen LogP contribution in [-0.2, 0) is 23.8 Å². The Morgan fingerprint density at radius 1 is 1.62 bits per heavy atom. The molecule has 0 aromatic carbocycles. The predicted octanol–water partition coefficient (Wildman–Crippen LogP) is 0.881. The van der Waals surface area contributed by atoms with Gasteiger partial charge in [-0.2, -0.15) is 4.80 Å². The van der Waals surface area contributed by atoms with E-state index in [9.17, 15) is 4.79 Å². The predicted molar refractivity (Wildman–Crippen MR) is 77.1 cm³/mol. The van der Waals surface area contributed by atoms with Gasteiger partial charge < -0.3 is 10.1 Å². The van der Waals surface area contributed by atoms with Gasteiger partial charge in [0.25, 0.3) is 5.95 Å². The smallest absolute Gasteiger partial charge is 0.321 e. The molecule has 1 aliphatic heterocycles. The molecule has 2 aromatic heterocycles. The van der Waals surface area contributed by atoms with Crippen LogP contribution < -0.4 is 10.6 Å². The van der Waals surface area contributed by atoms with Gasteiger partial charge in [-0.1, -0.05) is 5.10 Å². The summed E-state index contributed by atoms with van der Waals surface area (Å²) in [4.78, 5) is 14.5. The fourth-order valence-electron chi connectivity index (χ4n) is 2.33. The quantitative estimate of drug-likeness (QED) is 0.878. The molecule has 0 bridgehead atoms. The Kier molecular flexibility index (Phi) is 3.60. The number of aryl methyl sites for hydroxylation is 1. The third-order valence-electron chi connectivity index (χ3n) is 3.38. The fraction of sp³-hybridized carbons (Fsp3) is 0.500. The highest BCUT2D eigenvalue weighted by Gasteiger charge is 2.34. The molecule has 1 atom stereocenters. The number of tetrazole rings is 1. The molecule has 0 fully saturated rings. The number of nitrogens with one attached hydrogen (secondary N) is 2. The maximum absolute atomic E-state index is 11.9. The molecule has 8 nitrogen and oxygen atoms in total. The van der Waals surface area contributed by atoms with Crippen molar-refractivity contribution in [3.05, 3.63) is 21.9 Å². The summed E-state index contributed by atoms with van der Waals surface area (Å²) >= 11 is 1.73. The standard InChI is InChI=1S/C12H16N6O2S/c1-12(8-4-6-21-9(8)3-5-20-12)7-13-11(19)14-10-15-17-18(2)16-10/h4,6H,3,5,7H2,1-2H3,(H2,13,14,16,19). The Hall–Kier alpha value is -2.00. The number of nitrogens with zero attached hydrogens (tertiary/aromatic N) is 4. The van der Waals surface area contributed by atoms with Gasteiger partial charge in [-0.25, -0.2) is 4.79 Å². The van der Waals surface area contributed by atoms with Crippen molar-refractivity contribution in [1.29, 1.82) is 0 Å². The zero-order valence-corrected chi connectivity index (χ0v) is 12.6. The SMILES string of the molecule is Cn1nnc(NC(=O)NCC2(C)OCCc3sccc32)n1. The van der Waals surface area contributed by atoms with E-state index < -0.39 is 5.60 Å². The Morgan fingerprint density at radius 3 is 3.24 bits per heavy atom. The molecule has 3 rings (SSSR count). The monoisotopic (exact) mass is 308 g/mol. The number of urea groups is 1. The van der Waals surface area contributed by atoms with Crippen LogP contribution >= 0.6 is 11.3 Å². The highest BCUT2D eigenvalue weighted by Crippen LogP contribution is 2.35. The second-order valence-corrected chi connectivity index (χ2v) is 6.00. The fourth-order valence-corrected chi connectivity index (χ4v) is 3.31. The molecular weight excluding hydrogens is 292 g/mol. The van der Waals surface area contributed by atoms with E-state index in [1.54, 1.807) is 18.4 Å². The summed E-state index contributed by atoms with van der Waals surface area (Å²) in [5, 5.41) is 18.6. The first-order chi connectivity index (χ1) is 10.1. The second kappa shape index (κ2) is 5.41. The normalized spacial score (nSPS) is 20.9. The number of rotatable bonds is 3. The molecule has 0 aliphatic carbocycles. The second-order valence-electron chi connectivity index (χ2n) is 5.00. The third kappa shape index (κ3) is 2.88. The van der Waals surface area contributed by atoms with Gasteiger partial charge in [-0.05, 0) is 29.1 Å². The van der Waals surface area contributed by atoms with E-state index in [2.05, 4.69) is 37.5 Å². The Balaban J connectivity index is 1.61. The number of thiophene rings is 1. The lowest BCUT2D eigenvalue weighted by Gasteiger charge is -2.34. The van der Waals surface area contributed by atoms with Crippen LogP contribution in [0.4, 0.5) is 10.7 Å². The van der Waals surface area contributed by atoms with Crippen LogP contribution in [0.2, 0.25) is 0 Å². The molecule has 2 aromatic rings. The summed E-state index contributed by atoms with van der Waals surface area (Å²) in [5.74, 6) is 0.168. The number of carbonyl (C=O) groups excluding carboxylic acids is 1. The number of carbonyl (C=O) groups is 1. The zero-order valence-electron chi connectivity index (χ0n) is 11.8. The summed E-state index contributed by atoms with van der Waals surface area (Å²) in [7, 11) is 1.63. The molecule has 9 heteroatoms. The number of aromatic nitrogens is 4. The van der Waals surface area contributed by atoms with Gasteiger partial charge in [0.15, 0.2) is 0 Å². The molecule has 21 heavy (non-hydrogen) atoms. The first-order valence-corrected chi connectivity index (χ1v) is 7.44. The van der Waals surface area contributed by atoms with Crippen LogP contribution in [0.1, 0.15) is 17.4 Å². The van der Waals surface area contributed by atoms with Crippen molar-refractivity contribution >= 4 is 23.3 Å².